The molecule has 0 saturated heterocycles. The van der Waals surface area contributed by atoms with E-state index in [9.17, 15) is 4.79 Å². The minimum atomic E-state index is -0.479. The number of carbonyl (C=O) groups excluding carboxylic acids is 1. The van der Waals surface area contributed by atoms with E-state index < -0.39 is 5.97 Å². The molecule has 0 bridgehead atoms. The molecule has 0 N–H and O–H groups in total. The predicted molar refractivity (Wildman–Crippen MR) is 70.5 cm³/mol. The minimum absolute atomic E-state index is 0.00597. The number of hydrogen-bond acceptors (Lipinski definition) is 5. The molecule has 0 aromatic carbocycles. The topological polar surface area (TPSA) is 54.0 Å². The first-order chi connectivity index (χ1) is 9.24. The van der Waals surface area contributed by atoms with Crippen molar-refractivity contribution in [1.29, 1.82) is 0 Å². The minimum Gasteiger partial charge on any atom is -0.435 e. The van der Waals surface area contributed by atoms with E-state index in [-0.39, 0.29) is 31.9 Å². The van der Waals surface area contributed by atoms with Crippen LogP contribution < -0.4 is 0 Å². The largest absolute Gasteiger partial charge is 0.435 e. The van der Waals surface area contributed by atoms with Gasteiger partial charge < -0.3 is 18.9 Å². The summed E-state index contributed by atoms with van der Waals surface area (Å²) in [7, 11) is 0. The van der Waals surface area contributed by atoms with E-state index >= 15 is 0 Å². The first kappa shape index (κ1) is 16.1. The second-order valence-corrected chi connectivity index (χ2v) is 4.54. The van der Waals surface area contributed by atoms with Crippen LogP contribution in [-0.2, 0) is 23.7 Å². The van der Waals surface area contributed by atoms with Crippen LogP contribution in [0.2, 0.25) is 0 Å². The van der Waals surface area contributed by atoms with Gasteiger partial charge in [-0.1, -0.05) is 25.8 Å². The van der Waals surface area contributed by atoms with Crippen molar-refractivity contribution in [3.8, 4) is 0 Å². The Balaban J connectivity index is 2.04. The second-order valence-electron chi connectivity index (χ2n) is 4.54. The lowest BCUT2D eigenvalue weighted by Crippen LogP contribution is -2.21. The lowest BCUT2D eigenvalue weighted by Gasteiger charge is -2.21. The Morgan fingerprint density at radius 1 is 1.16 bits per heavy atom. The molecule has 1 rings (SSSR count). The summed E-state index contributed by atoms with van der Waals surface area (Å²) in [4.78, 5) is 11.5. The van der Waals surface area contributed by atoms with Gasteiger partial charge >= 0.3 is 5.97 Å². The summed E-state index contributed by atoms with van der Waals surface area (Å²) < 4.78 is 20.6. The van der Waals surface area contributed by atoms with Crippen LogP contribution in [0.25, 0.3) is 0 Å². The third-order valence-corrected chi connectivity index (χ3v) is 2.98. The molecule has 0 spiro atoms. The van der Waals surface area contributed by atoms with Crippen LogP contribution in [0.4, 0.5) is 0 Å². The monoisotopic (exact) mass is 272 g/mol. The normalized spacial score (nSPS) is 16.3. The molecule has 0 aliphatic heterocycles. The van der Waals surface area contributed by atoms with Crippen molar-refractivity contribution in [2.75, 3.05) is 26.8 Å². The quantitative estimate of drug-likeness (QED) is 0.279. The van der Waals surface area contributed by atoms with Crippen molar-refractivity contribution < 1.29 is 23.7 Å². The summed E-state index contributed by atoms with van der Waals surface area (Å²) in [5, 5.41) is 0. The van der Waals surface area contributed by atoms with Crippen molar-refractivity contribution in [2.24, 2.45) is 0 Å². The van der Waals surface area contributed by atoms with Gasteiger partial charge in [0.05, 0.1) is 18.3 Å². The van der Waals surface area contributed by atoms with Crippen molar-refractivity contribution in [2.45, 2.75) is 45.1 Å². The number of carbonyl (C=O) groups is 1. The number of ether oxygens (including phenoxy) is 4. The van der Waals surface area contributed by atoms with Crippen molar-refractivity contribution in [1.82, 2.24) is 0 Å². The Labute approximate surface area is 114 Å². The molecule has 1 fully saturated rings. The highest BCUT2D eigenvalue weighted by Gasteiger charge is 2.15. The van der Waals surface area contributed by atoms with Crippen molar-refractivity contribution in [3.63, 3.8) is 0 Å². The SMILES string of the molecule is C=C(COCOCC)C(=O)OCOC1CCCCC1. The van der Waals surface area contributed by atoms with Crippen molar-refractivity contribution >= 4 is 5.97 Å². The Morgan fingerprint density at radius 3 is 2.58 bits per heavy atom. The maximum atomic E-state index is 11.5. The fourth-order valence-electron chi connectivity index (χ4n) is 1.88. The molecule has 1 aliphatic carbocycles. The van der Waals surface area contributed by atoms with Crippen LogP contribution >= 0.6 is 0 Å². The Hall–Kier alpha value is -0.910. The zero-order valence-electron chi connectivity index (χ0n) is 11.7. The van der Waals surface area contributed by atoms with Crippen LogP contribution in [0.15, 0.2) is 12.2 Å². The number of esters is 1. The number of hydrogen-bond donors (Lipinski definition) is 0. The van der Waals surface area contributed by atoms with E-state index in [1.165, 1.54) is 19.3 Å². The molecule has 1 aliphatic rings. The van der Waals surface area contributed by atoms with E-state index in [2.05, 4.69) is 6.58 Å². The molecule has 0 radical (unpaired) electrons. The highest BCUT2D eigenvalue weighted by Crippen LogP contribution is 2.20. The zero-order valence-corrected chi connectivity index (χ0v) is 11.7. The molecule has 5 nitrogen and oxygen atoms in total. The highest BCUT2D eigenvalue weighted by atomic mass is 16.7. The van der Waals surface area contributed by atoms with Crippen LogP contribution in [0.3, 0.4) is 0 Å². The molecule has 0 atom stereocenters. The van der Waals surface area contributed by atoms with Gasteiger partial charge in [0.1, 0.15) is 6.79 Å². The average Bonchev–Trinajstić information content (AvgIpc) is 2.44. The molecule has 5 heteroatoms. The first-order valence-electron chi connectivity index (χ1n) is 6.86. The summed E-state index contributed by atoms with van der Waals surface area (Å²) in [5.41, 5.74) is 0.270. The van der Waals surface area contributed by atoms with Crippen molar-refractivity contribution in [3.05, 3.63) is 12.2 Å². The summed E-state index contributed by atoms with van der Waals surface area (Å²) in [6, 6.07) is 0. The Morgan fingerprint density at radius 2 is 1.89 bits per heavy atom. The van der Waals surface area contributed by atoms with Gasteiger partial charge in [-0.05, 0) is 19.8 Å². The summed E-state index contributed by atoms with van der Waals surface area (Å²) in [6.45, 7) is 6.31. The summed E-state index contributed by atoms with van der Waals surface area (Å²) >= 11 is 0. The molecular formula is C14H24O5. The average molecular weight is 272 g/mol. The molecule has 110 valence electrons. The van der Waals surface area contributed by atoms with Gasteiger partial charge in [0.15, 0.2) is 6.79 Å². The fraction of sp³-hybridized carbons (Fsp3) is 0.786. The molecular weight excluding hydrogens is 248 g/mol. The maximum Gasteiger partial charge on any atom is 0.337 e. The highest BCUT2D eigenvalue weighted by molar-refractivity contribution is 5.87. The van der Waals surface area contributed by atoms with Crippen LogP contribution in [0, 0.1) is 0 Å². The van der Waals surface area contributed by atoms with E-state index in [0.29, 0.717) is 6.61 Å². The van der Waals surface area contributed by atoms with E-state index in [0.717, 1.165) is 12.8 Å². The van der Waals surface area contributed by atoms with E-state index in [1.807, 2.05) is 6.92 Å². The molecule has 0 aromatic heterocycles. The third-order valence-electron chi connectivity index (χ3n) is 2.98. The molecule has 19 heavy (non-hydrogen) atoms. The standard InChI is InChI=1S/C14H24O5/c1-3-16-10-17-9-12(2)14(15)19-11-18-13-7-5-4-6-8-13/h13H,2-11H2,1H3. The lowest BCUT2D eigenvalue weighted by molar-refractivity contribution is -0.158. The van der Waals surface area contributed by atoms with Crippen LogP contribution in [0.5, 0.6) is 0 Å². The summed E-state index contributed by atoms with van der Waals surface area (Å²) in [5.74, 6) is -0.479. The molecule has 0 heterocycles. The van der Waals surface area contributed by atoms with Gasteiger partial charge in [-0.2, -0.15) is 0 Å². The fourth-order valence-corrected chi connectivity index (χ4v) is 1.88. The first-order valence-corrected chi connectivity index (χ1v) is 6.86. The van der Waals surface area contributed by atoms with Gasteiger partial charge in [0.25, 0.3) is 0 Å². The van der Waals surface area contributed by atoms with Gasteiger partial charge in [-0.15, -0.1) is 0 Å². The van der Waals surface area contributed by atoms with Crippen LogP contribution in [0.1, 0.15) is 39.0 Å². The van der Waals surface area contributed by atoms with Gasteiger partial charge in [-0.3, -0.25) is 0 Å². The van der Waals surface area contributed by atoms with E-state index in [4.69, 9.17) is 18.9 Å². The molecule has 0 aromatic rings. The van der Waals surface area contributed by atoms with Gasteiger partial charge in [-0.25, -0.2) is 4.79 Å². The third kappa shape index (κ3) is 7.30. The predicted octanol–water partition coefficient (Wildman–Crippen LogP) is 2.40. The second kappa shape index (κ2) is 9.95. The smallest absolute Gasteiger partial charge is 0.337 e. The molecule has 0 unspecified atom stereocenters. The summed E-state index contributed by atoms with van der Waals surface area (Å²) in [6.07, 6.45) is 5.98. The van der Waals surface area contributed by atoms with E-state index in [1.54, 1.807) is 0 Å². The zero-order chi connectivity index (χ0) is 13.9. The van der Waals surface area contributed by atoms with Gasteiger partial charge in [0.2, 0.25) is 0 Å². The van der Waals surface area contributed by atoms with Gasteiger partial charge in [0, 0.05) is 6.61 Å². The Bertz CT molecular complexity index is 271. The Kier molecular flexibility index (Phi) is 8.45. The number of rotatable bonds is 9. The van der Waals surface area contributed by atoms with Crippen LogP contribution in [-0.4, -0.2) is 38.9 Å². The lowest BCUT2D eigenvalue weighted by atomic mass is 9.98. The molecule has 1 saturated carbocycles. The maximum absolute atomic E-state index is 11.5. The molecule has 0 amide bonds.